The van der Waals surface area contributed by atoms with E-state index in [0.717, 1.165) is 11.9 Å². The third-order valence-electron chi connectivity index (χ3n) is 2.69. The summed E-state index contributed by atoms with van der Waals surface area (Å²) in [6.07, 6.45) is 1.13. The largest absolute Gasteiger partial charge is 0.397 e. The van der Waals surface area contributed by atoms with Gasteiger partial charge in [-0.15, -0.1) is 4.40 Å². The highest BCUT2D eigenvalue weighted by molar-refractivity contribution is 7.90. The molecule has 2 aromatic carbocycles. The minimum atomic E-state index is -3.69. The number of para-hydroxylation sites is 2. The lowest BCUT2D eigenvalue weighted by molar-refractivity contribution is 0.598. The van der Waals surface area contributed by atoms with E-state index in [1.807, 2.05) is 6.92 Å². The van der Waals surface area contributed by atoms with Gasteiger partial charge in [-0.05, 0) is 31.2 Å². The lowest BCUT2D eigenvalue weighted by Crippen LogP contribution is -2.03. The van der Waals surface area contributed by atoms with Crippen LogP contribution in [0.5, 0.6) is 0 Å². The fourth-order valence-corrected chi connectivity index (χ4v) is 2.36. The Morgan fingerprint density at radius 2 is 1.75 bits per heavy atom. The van der Waals surface area contributed by atoms with E-state index in [1.54, 1.807) is 36.4 Å². The highest BCUT2D eigenvalue weighted by Gasteiger charge is 2.10. The maximum Gasteiger partial charge on any atom is 0.283 e. The molecule has 0 aliphatic heterocycles. The van der Waals surface area contributed by atoms with Crippen LogP contribution in [-0.4, -0.2) is 14.8 Å². The van der Waals surface area contributed by atoms with Crippen molar-refractivity contribution in [1.82, 2.24) is 0 Å². The van der Waals surface area contributed by atoms with Crippen molar-refractivity contribution in [1.29, 1.82) is 0 Å². The Hall–Kier alpha value is -2.34. The number of nitrogens with zero attached hydrogens (tertiary/aromatic N) is 1. The summed E-state index contributed by atoms with van der Waals surface area (Å²) in [7, 11) is -3.69. The SMILES string of the molecule is Cc1ccc(S(=O)(=O)N=CNc2ccccc2N)cc1. The zero-order valence-electron chi connectivity index (χ0n) is 10.9. The number of nitrogens with two attached hydrogens (primary N) is 1. The molecule has 0 saturated carbocycles. The highest BCUT2D eigenvalue weighted by Crippen LogP contribution is 2.16. The molecule has 0 aliphatic rings. The fraction of sp³-hybridized carbons (Fsp3) is 0.0714. The second kappa shape index (κ2) is 5.75. The summed E-state index contributed by atoms with van der Waals surface area (Å²) < 4.78 is 27.5. The molecule has 20 heavy (non-hydrogen) atoms. The predicted molar refractivity (Wildman–Crippen MR) is 81.3 cm³/mol. The Morgan fingerprint density at radius 1 is 1.10 bits per heavy atom. The summed E-state index contributed by atoms with van der Waals surface area (Å²) in [6, 6.07) is 13.5. The van der Waals surface area contributed by atoms with Gasteiger partial charge in [-0.1, -0.05) is 29.8 Å². The molecule has 104 valence electrons. The van der Waals surface area contributed by atoms with Crippen LogP contribution in [0.3, 0.4) is 0 Å². The van der Waals surface area contributed by atoms with Crippen LogP contribution in [0.2, 0.25) is 0 Å². The topological polar surface area (TPSA) is 84.5 Å². The second-order valence-corrected chi connectivity index (χ2v) is 5.89. The third kappa shape index (κ3) is 3.36. The van der Waals surface area contributed by atoms with Gasteiger partial charge in [-0.3, -0.25) is 0 Å². The Kier molecular flexibility index (Phi) is 4.05. The van der Waals surface area contributed by atoms with Gasteiger partial charge in [0.1, 0.15) is 6.34 Å². The number of nitrogen functional groups attached to an aromatic ring is 1. The van der Waals surface area contributed by atoms with Gasteiger partial charge in [0.25, 0.3) is 10.0 Å². The van der Waals surface area contributed by atoms with Crippen LogP contribution in [0.25, 0.3) is 0 Å². The minimum absolute atomic E-state index is 0.155. The molecule has 0 aliphatic carbocycles. The van der Waals surface area contributed by atoms with Gasteiger partial charge in [0.2, 0.25) is 0 Å². The van der Waals surface area contributed by atoms with E-state index in [2.05, 4.69) is 9.71 Å². The van der Waals surface area contributed by atoms with E-state index in [9.17, 15) is 8.42 Å². The molecule has 0 saturated heterocycles. The summed E-state index contributed by atoms with van der Waals surface area (Å²) in [6.45, 7) is 1.89. The zero-order valence-corrected chi connectivity index (χ0v) is 11.8. The van der Waals surface area contributed by atoms with E-state index < -0.39 is 10.0 Å². The van der Waals surface area contributed by atoms with Gasteiger partial charge in [-0.25, -0.2) is 0 Å². The zero-order chi connectivity index (χ0) is 14.6. The first-order valence-corrected chi connectivity index (χ1v) is 7.39. The Morgan fingerprint density at radius 3 is 2.40 bits per heavy atom. The molecule has 0 bridgehead atoms. The minimum Gasteiger partial charge on any atom is -0.397 e. The Balaban J connectivity index is 2.14. The molecule has 6 heteroatoms. The van der Waals surface area contributed by atoms with Crippen molar-refractivity contribution in [3.63, 3.8) is 0 Å². The molecule has 0 heterocycles. The number of aryl methyl sites for hydroxylation is 1. The van der Waals surface area contributed by atoms with Crippen molar-refractivity contribution in [2.75, 3.05) is 11.1 Å². The van der Waals surface area contributed by atoms with Crippen LogP contribution in [-0.2, 0) is 10.0 Å². The van der Waals surface area contributed by atoms with E-state index in [-0.39, 0.29) is 4.90 Å². The molecular weight excluding hydrogens is 274 g/mol. The lowest BCUT2D eigenvalue weighted by atomic mass is 10.2. The molecule has 0 fully saturated rings. The summed E-state index contributed by atoms with van der Waals surface area (Å²) in [5.74, 6) is 0. The molecule has 5 nitrogen and oxygen atoms in total. The number of sulfonamides is 1. The fourth-order valence-electron chi connectivity index (χ4n) is 1.56. The molecular formula is C14H15N3O2S. The molecule has 2 rings (SSSR count). The van der Waals surface area contributed by atoms with Gasteiger partial charge in [0.05, 0.1) is 16.3 Å². The molecule has 0 atom stereocenters. The number of benzene rings is 2. The highest BCUT2D eigenvalue weighted by atomic mass is 32.2. The maximum absolute atomic E-state index is 11.9. The molecule has 3 N–H and O–H groups in total. The average molecular weight is 289 g/mol. The van der Waals surface area contributed by atoms with Crippen LogP contribution >= 0.6 is 0 Å². The first-order valence-electron chi connectivity index (χ1n) is 5.95. The van der Waals surface area contributed by atoms with Gasteiger partial charge in [0, 0.05) is 0 Å². The van der Waals surface area contributed by atoms with Crippen LogP contribution in [0.15, 0.2) is 57.8 Å². The van der Waals surface area contributed by atoms with Crippen LogP contribution < -0.4 is 11.1 Å². The summed E-state index contributed by atoms with van der Waals surface area (Å²) in [5, 5.41) is 2.75. The lowest BCUT2D eigenvalue weighted by Gasteiger charge is -2.03. The van der Waals surface area contributed by atoms with Crippen molar-refractivity contribution in [2.24, 2.45) is 4.40 Å². The van der Waals surface area contributed by atoms with E-state index in [1.165, 1.54) is 12.1 Å². The van der Waals surface area contributed by atoms with Gasteiger partial charge >= 0.3 is 0 Å². The molecule has 0 aromatic heterocycles. The van der Waals surface area contributed by atoms with E-state index >= 15 is 0 Å². The summed E-state index contributed by atoms with van der Waals surface area (Å²) in [5.41, 5.74) is 7.84. The van der Waals surface area contributed by atoms with Gasteiger partial charge < -0.3 is 11.1 Å². The van der Waals surface area contributed by atoms with Crippen LogP contribution in [0.4, 0.5) is 11.4 Å². The molecule has 2 aromatic rings. The monoisotopic (exact) mass is 289 g/mol. The number of hydrogen-bond donors (Lipinski definition) is 2. The van der Waals surface area contributed by atoms with Crippen molar-refractivity contribution in [3.05, 3.63) is 54.1 Å². The Labute approximate surface area is 118 Å². The average Bonchev–Trinajstić information content (AvgIpc) is 2.41. The standard InChI is InChI=1S/C14H15N3O2S/c1-11-6-8-12(9-7-11)20(18,19)17-10-16-14-5-3-2-4-13(14)15/h2-10H,15H2,1H3,(H,16,17). The number of hydrogen-bond acceptors (Lipinski definition) is 3. The first-order chi connectivity index (χ1) is 9.49. The molecule has 0 radical (unpaired) electrons. The third-order valence-corrected chi connectivity index (χ3v) is 3.94. The number of nitrogens with one attached hydrogen (secondary N) is 1. The smallest absolute Gasteiger partial charge is 0.283 e. The molecule has 0 unspecified atom stereocenters. The summed E-state index contributed by atoms with van der Waals surface area (Å²) in [4.78, 5) is 0.155. The number of anilines is 2. The van der Waals surface area contributed by atoms with E-state index in [4.69, 9.17) is 5.73 Å². The maximum atomic E-state index is 11.9. The molecule has 0 amide bonds. The quantitative estimate of drug-likeness (QED) is 0.514. The first kappa shape index (κ1) is 14.1. The van der Waals surface area contributed by atoms with Crippen molar-refractivity contribution < 1.29 is 8.42 Å². The predicted octanol–water partition coefficient (Wildman–Crippen LogP) is 2.41. The van der Waals surface area contributed by atoms with E-state index in [0.29, 0.717) is 11.4 Å². The Bertz CT molecular complexity index is 722. The van der Waals surface area contributed by atoms with Gasteiger partial charge in [-0.2, -0.15) is 8.42 Å². The second-order valence-electron chi connectivity index (χ2n) is 4.25. The number of rotatable bonds is 4. The van der Waals surface area contributed by atoms with Crippen molar-refractivity contribution in [2.45, 2.75) is 11.8 Å². The van der Waals surface area contributed by atoms with Crippen LogP contribution in [0, 0.1) is 6.92 Å². The van der Waals surface area contributed by atoms with Crippen molar-refractivity contribution in [3.8, 4) is 0 Å². The molecule has 0 spiro atoms. The normalized spacial score (nSPS) is 11.7. The van der Waals surface area contributed by atoms with Crippen LogP contribution in [0.1, 0.15) is 5.56 Å². The van der Waals surface area contributed by atoms with Crippen molar-refractivity contribution >= 4 is 27.7 Å². The summed E-state index contributed by atoms with van der Waals surface area (Å²) >= 11 is 0. The van der Waals surface area contributed by atoms with Gasteiger partial charge in [0.15, 0.2) is 0 Å².